The van der Waals surface area contributed by atoms with E-state index < -0.39 is 52.0 Å². The zero-order valence-corrected chi connectivity index (χ0v) is 16.2. The van der Waals surface area contributed by atoms with Gasteiger partial charge in [0, 0.05) is 0 Å². The maximum Gasteiger partial charge on any atom is 0.190 e. The van der Waals surface area contributed by atoms with Gasteiger partial charge in [0.1, 0.15) is 24.4 Å². The molecule has 3 rings (SSSR count). The molecule has 3 heterocycles. The molecule has 7 nitrogen and oxygen atoms in total. The highest BCUT2D eigenvalue weighted by Crippen LogP contribution is 2.42. The molecule has 0 radical (unpaired) electrons. The second-order valence-electron chi connectivity index (χ2n) is 8.34. The molecule has 0 aliphatic carbocycles. The summed E-state index contributed by atoms with van der Waals surface area (Å²) in [5, 5.41) is 0. The number of rotatable bonds is 3. The van der Waals surface area contributed by atoms with E-state index in [0.29, 0.717) is 6.61 Å². The van der Waals surface area contributed by atoms with Crippen molar-refractivity contribution < 1.29 is 32.1 Å². The lowest BCUT2D eigenvalue weighted by molar-refractivity contribution is -0.230. The average Bonchev–Trinajstić information content (AvgIpc) is 3.00. The van der Waals surface area contributed by atoms with Crippen LogP contribution in [0, 0.1) is 0 Å². The molecule has 24 heavy (non-hydrogen) atoms. The molecule has 0 aromatic heterocycles. The van der Waals surface area contributed by atoms with Gasteiger partial charge in [-0.2, -0.15) is 0 Å². The summed E-state index contributed by atoms with van der Waals surface area (Å²) in [6.45, 7) is 13.3. The van der Waals surface area contributed by atoms with Crippen molar-refractivity contribution in [3.05, 3.63) is 0 Å². The van der Waals surface area contributed by atoms with Crippen molar-refractivity contribution in [1.82, 2.24) is 0 Å². The average molecular weight is 364 g/mol. The molecule has 3 aliphatic heterocycles. The molecule has 0 unspecified atom stereocenters. The Morgan fingerprint density at radius 3 is 2.21 bits per heavy atom. The Labute approximate surface area is 145 Å². The van der Waals surface area contributed by atoms with Gasteiger partial charge in [-0.05, 0) is 48.5 Å². The largest absolute Gasteiger partial charge is 0.348 e. The van der Waals surface area contributed by atoms with Crippen LogP contribution >= 0.6 is 0 Å². The van der Waals surface area contributed by atoms with Crippen LogP contribution in [0.25, 0.3) is 0 Å². The van der Waals surface area contributed by atoms with Crippen molar-refractivity contribution in [2.45, 2.75) is 95.5 Å². The maximum absolute atomic E-state index is 12.5. The molecule has 0 spiro atoms. The predicted octanol–water partition coefficient (Wildman–Crippen LogP) is 1.86. The summed E-state index contributed by atoms with van der Waals surface area (Å²) in [6.07, 6.45) is -2.38. The van der Waals surface area contributed by atoms with E-state index in [9.17, 15) is 4.21 Å². The normalized spacial score (nSPS) is 42.2. The van der Waals surface area contributed by atoms with Gasteiger partial charge in [-0.25, -0.2) is 4.21 Å². The van der Waals surface area contributed by atoms with Crippen molar-refractivity contribution in [3.63, 3.8) is 0 Å². The molecule has 0 amide bonds. The van der Waals surface area contributed by atoms with Crippen LogP contribution in [0.2, 0.25) is 0 Å². The Bertz CT molecular complexity index is 513. The van der Waals surface area contributed by atoms with E-state index in [0.717, 1.165) is 0 Å². The summed E-state index contributed by atoms with van der Waals surface area (Å²) in [5.74, 6) is -1.45. The van der Waals surface area contributed by atoms with E-state index in [1.54, 1.807) is 0 Å². The van der Waals surface area contributed by atoms with Crippen molar-refractivity contribution in [2.75, 3.05) is 6.61 Å². The smallest absolute Gasteiger partial charge is 0.190 e. The van der Waals surface area contributed by atoms with E-state index in [4.69, 9.17) is 27.9 Å². The van der Waals surface area contributed by atoms with Crippen molar-refractivity contribution in [3.8, 4) is 0 Å². The van der Waals surface area contributed by atoms with Crippen LogP contribution in [0.3, 0.4) is 0 Å². The molecule has 3 saturated heterocycles. The lowest BCUT2D eigenvalue weighted by Crippen LogP contribution is -2.45. The summed E-state index contributed by atoms with van der Waals surface area (Å²) in [4.78, 5) is 0. The third kappa shape index (κ3) is 3.70. The molecule has 3 aliphatic rings. The van der Waals surface area contributed by atoms with E-state index in [-0.39, 0.29) is 6.10 Å². The Morgan fingerprint density at radius 1 is 1.00 bits per heavy atom. The molecule has 0 bridgehead atoms. The molecule has 6 atom stereocenters. The Hall–Kier alpha value is -0.0900. The van der Waals surface area contributed by atoms with Gasteiger partial charge in [0.2, 0.25) is 0 Å². The molecule has 0 aromatic rings. The Balaban J connectivity index is 1.79. The van der Waals surface area contributed by atoms with Crippen LogP contribution in [-0.2, 0) is 38.9 Å². The SMILES string of the molecule is CC1(C)O[C@H]2O[C@H]([C@@H]3COC(C)(C)O3)[C@H](O[S@@](=O)C(C)(C)C)[C@H]2O1. The van der Waals surface area contributed by atoms with Crippen molar-refractivity contribution in [1.29, 1.82) is 0 Å². The highest BCUT2D eigenvalue weighted by molar-refractivity contribution is 7.81. The van der Waals surface area contributed by atoms with Crippen LogP contribution in [0.4, 0.5) is 0 Å². The van der Waals surface area contributed by atoms with Gasteiger partial charge in [0.25, 0.3) is 0 Å². The summed E-state index contributed by atoms with van der Waals surface area (Å²) in [6, 6.07) is 0. The van der Waals surface area contributed by atoms with Crippen LogP contribution in [-0.4, -0.2) is 57.8 Å². The summed E-state index contributed by atoms with van der Waals surface area (Å²) >= 11 is -1.51. The second kappa shape index (κ2) is 5.97. The predicted molar refractivity (Wildman–Crippen MR) is 86.4 cm³/mol. The van der Waals surface area contributed by atoms with E-state index in [1.807, 2.05) is 48.5 Å². The first-order valence-corrected chi connectivity index (χ1v) is 9.37. The van der Waals surface area contributed by atoms with Gasteiger partial charge < -0.3 is 23.7 Å². The monoisotopic (exact) mass is 364 g/mol. The van der Waals surface area contributed by atoms with Crippen LogP contribution in [0.5, 0.6) is 0 Å². The molecule has 3 fully saturated rings. The third-order valence-electron chi connectivity index (χ3n) is 4.12. The maximum atomic E-state index is 12.5. The fourth-order valence-corrected chi connectivity index (χ4v) is 3.75. The third-order valence-corrected chi connectivity index (χ3v) is 5.52. The minimum Gasteiger partial charge on any atom is -0.348 e. The minimum atomic E-state index is -1.51. The topological polar surface area (TPSA) is 72.5 Å². The van der Waals surface area contributed by atoms with Crippen LogP contribution in [0.15, 0.2) is 0 Å². The van der Waals surface area contributed by atoms with Crippen LogP contribution < -0.4 is 0 Å². The summed E-state index contributed by atoms with van der Waals surface area (Å²) < 4.78 is 47.2. The van der Waals surface area contributed by atoms with E-state index in [1.165, 1.54) is 0 Å². The lowest BCUT2D eigenvalue weighted by atomic mass is 10.1. The highest BCUT2D eigenvalue weighted by Gasteiger charge is 2.59. The fourth-order valence-electron chi connectivity index (χ4n) is 3.04. The molecule has 8 heteroatoms. The first-order valence-electron chi connectivity index (χ1n) is 8.30. The van der Waals surface area contributed by atoms with Gasteiger partial charge in [-0.15, -0.1) is 0 Å². The van der Waals surface area contributed by atoms with Crippen LogP contribution in [0.1, 0.15) is 48.5 Å². The zero-order chi connectivity index (χ0) is 17.9. The zero-order valence-electron chi connectivity index (χ0n) is 15.4. The standard InChI is InChI=1S/C16H28O7S/c1-14(2,3)24(17)23-11-10(9-8-18-15(4,5)20-9)19-13-12(11)21-16(6,7)22-13/h9-13H,8H2,1-7H3/t9-,10+,11-,12+,13+,24+/m0/s1. The lowest BCUT2D eigenvalue weighted by Gasteiger charge is -2.30. The van der Waals surface area contributed by atoms with Gasteiger partial charge in [-0.3, -0.25) is 4.18 Å². The minimum absolute atomic E-state index is 0.331. The number of fused-ring (bicyclic) bond motifs is 1. The number of hydrogen-bond acceptors (Lipinski definition) is 7. The Kier molecular flexibility index (Phi) is 4.65. The first-order chi connectivity index (χ1) is 10.9. The molecular formula is C16H28O7S. The Morgan fingerprint density at radius 2 is 1.67 bits per heavy atom. The molecule has 0 N–H and O–H groups in total. The van der Waals surface area contributed by atoms with Crippen molar-refractivity contribution in [2.24, 2.45) is 0 Å². The highest BCUT2D eigenvalue weighted by atomic mass is 32.2. The van der Waals surface area contributed by atoms with Gasteiger partial charge in [0.15, 0.2) is 28.9 Å². The summed E-state index contributed by atoms with van der Waals surface area (Å²) in [7, 11) is 0. The van der Waals surface area contributed by atoms with E-state index >= 15 is 0 Å². The fraction of sp³-hybridized carbons (Fsp3) is 1.00. The molecule has 0 saturated carbocycles. The van der Waals surface area contributed by atoms with Gasteiger partial charge >= 0.3 is 0 Å². The van der Waals surface area contributed by atoms with Gasteiger partial charge in [0.05, 0.1) is 11.4 Å². The molecular weight excluding hydrogens is 336 g/mol. The number of hydrogen-bond donors (Lipinski definition) is 0. The van der Waals surface area contributed by atoms with Crippen molar-refractivity contribution >= 4 is 11.1 Å². The second-order valence-corrected chi connectivity index (χ2v) is 10.2. The number of ether oxygens (including phenoxy) is 5. The first kappa shape index (κ1) is 18.7. The molecule has 140 valence electrons. The quantitative estimate of drug-likeness (QED) is 0.757. The van der Waals surface area contributed by atoms with Gasteiger partial charge in [-0.1, -0.05) is 0 Å². The molecule has 0 aromatic carbocycles. The summed E-state index contributed by atoms with van der Waals surface area (Å²) in [5.41, 5.74) is 0. The van der Waals surface area contributed by atoms with E-state index in [2.05, 4.69) is 0 Å².